The molecule has 0 radical (unpaired) electrons. The lowest BCUT2D eigenvalue weighted by atomic mass is 9.61. The van der Waals surface area contributed by atoms with Crippen LogP contribution < -0.4 is 0 Å². The lowest BCUT2D eigenvalue weighted by Crippen LogP contribution is -2.81. The van der Waals surface area contributed by atoms with Gasteiger partial charge in [0.05, 0.1) is 12.6 Å². The van der Waals surface area contributed by atoms with Crippen molar-refractivity contribution in [3.63, 3.8) is 0 Å². The molecule has 0 aromatic rings. The minimum atomic E-state index is -3.95. The number of nitrogens with zero attached hydrogens (tertiary/aromatic N) is 3. The summed E-state index contributed by atoms with van der Waals surface area (Å²) in [4.78, 5) is 61.9. The number of Topliss-reactive ketones (excluding diaryl/α,β-unsaturated/α-hetero) is 5. The zero-order valence-electron chi connectivity index (χ0n) is 14.5. The van der Waals surface area contributed by atoms with Crippen molar-refractivity contribution in [2.24, 2.45) is 5.11 Å². The number of ketones is 5. The van der Waals surface area contributed by atoms with E-state index in [1.807, 2.05) is 0 Å². The van der Waals surface area contributed by atoms with Gasteiger partial charge in [0.15, 0.2) is 28.7 Å². The number of hydrogen-bond donors (Lipinski definition) is 4. The molecule has 0 amide bonds. The molecule has 0 fully saturated rings. The zero-order chi connectivity index (χ0) is 21.1. The number of hydrogen-bond acceptors (Lipinski definition) is 10. The van der Waals surface area contributed by atoms with E-state index >= 15 is 0 Å². The number of azide groups is 1. The van der Waals surface area contributed by atoms with E-state index in [0.717, 1.165) is 0 Å². The van der Waals surface area contributed by atoms with Gasteiger partial charge in [-0.2, -0.15) is 0 Å². The van der Waals surface area contributed by atoms with Gasteiger partial charge in [-0.25, -0.2) is 0 Å². The van der Waals surface area contributed by atoms with Crippen LogP contribution in [0.2, 0.25) is 0 Å². The maximum absolute atomic E-state index is 12.1. The molecule has 0 bridgehead atoms. The van der Waals surface area contributed by atoms with Crippen LogP contribution in [0.1, 0.15) is 27.7 Å². The molecule has 0 aromatic carbocycles. The summed E-state index contributed by atoms with van der Waals surface area (Å²) >= 11 is 0. The second-order valence-electron chi connectivity index (χ2n) is 5.67. The van der Waals surface area contributed by atoms with E-state index in [-0.39, 0.29) is 0 Å². The minimum absolute atomic E-state index is 0.509. The van der Waals surface area contributed by atoms with E-state index in [2.05, 4.69) is 10.0 Å². The van der Waals surface area contributed by atoms with Crippen LogP contribution in [0.4, 0.5) is 0 Å². The molecule has 12 nitrogen and oxygen atoms in total. The molecule has 0 aliphatic carbocycles. The van der Waals surface area contributed by atoms with Crippen LogP contribution in [0.15, 0.2) is 5.11 Å². The van der Waals surface area contributed by atoms with Crippen LogP contribution in [0.5, 0.6) is 0 Å². The van der Waals surface area contributed by atoms with Crippen molar-refractivity contribution in [2.75, 3.05) is 6.54 Å². The Morgan fingerprint density at radius 1 is 0.962 bits per heavy atom. The van der Waals surface area contributed by atoms with Crippen molar-refractivity contribution in [2.45, 2.75) is 50.6 Å². The molecule has 4 N–H and O–H groups in total. The predicted octanol–water partition coefficient (Wildman–Crippen LogP) is -2.22. The topological polar surface area (TPSA) is 215 Å². The average molecular weight is 373 g/mol. The summed E-state index contributed by atoms with van der Waals surface area (Å²) in [6.45, 7) is 1.14. The molecule has 0 rings (SSSR count). The fourth-order valence-corrected chi connectivity index (χ4v) is 2.61. The van der Waals surface area contributed by atoms with Gasteiger partial charge in [0, 0.05) is 11.8 Å². The SMILES string of the molecule is CC(=O)C(=O)[C@@](O)(C(C)=O)[C@](O)(C(C)=O)[C@](O)(C(C)=O)[C@H](O)CN=[N+]=[N-]. The molecule has 4 atom stereocenters. The molecule has 0 heterocycles. The summed E-state index contributed by atoms with van der Waals surface area (Å²) in [5, 5.41) is 44.9. The lowest BCUT2D eigenvalue weighted by Gasteiger charge is -2.48. The van der Waals surface area contributed by atoms with Crippen LogP contribution in [-0.2, 0) is 24.0 Å². The third kappa shape index (κ3) is 3.16. The van der Waals surface area contributed by atoms with Gasteiger partial charge in [0.1, 0.15) is 0 Å². The molecule has 0 saturated heterocycles. The molecule has 0 aliphatic rings. The molecule has 0 spiro atoms. The Bertz CT molecular complexity index is 714. The van der Waals surface area contributed by atoms with Crippen LogP contribution in [0.25, 0.3) is 10.4 Å². The zero-order valence-corrected chi connectivity index (χ0v) is 14.5. The fourth-order valence-electron chi connectivity index (χ4n) is 2.61. The van der Waals surface area contributed by atoms with E-state index in [0.29, 0.717) is 27.7 Å². The quantitative estimate of drug-likeness (QED) is 0.107. The second kappa shape index (κ2) is 7.81. The lowest BCUT2D eigenvalue weighted by molar-refractivity contribution is -0.242. The molecular weight excluding hydrogens is 354 g/mol. The van der Waals surface area contributed by atoms with Crippen LogP contribution in [0, 0.1) is 0 Å². The van der Waals surface area contributed by atoms with Crippen LogP contribution in [-0.4, -0.2) is 78.8 Å². The Morgan fingerprint density at radius 3 is 1.69 bits per heavy atom. The molecule has 0 aliphatic heterocycles. The number of carbonyl (C=O) groups is 5. The first-order chi connectivity index (χ1) is 11.7. The first-order valence-electron chi connectivity index (χ1n) is 7.11. The Balaban J connectivity index is 7.12. The van der Waals surface area contributed by atoms with Gasteiger partial charge in [-0.1, -0.05) is 5.11 Å². The van der Waals surface area contributed by atoms with Gasteiger partial charge in [-0.15, -0.1) is 0 Å². The number of carbonyl (C=O) groups excluding carboxylic acids is 5. The van der Waals surface area contributed by atoms with Crippen molar-refractivity contribution in [3.05, 3.63) is 10.4 Å². The van der Waals surface area contributed by atoms with Crippen molar-refractivity contribution < 1.29 is 44.4 Å². The van der Waals surface area contributed by atoms with E-state index < -0.39 is 58.4 Å². The minimum Gasteiger partial charge on any atom is -0.389 e. The van der Waals surface area contributed by atoms with Crippen LogP contribution >= 0.6 is 0 Å². The summed E-state index contributed by atoms with van der Waals surface area (Å²) in [5.41, 5.74) is -3.22. The van der Waals surface area contributed by atoms with Gasteiger partial charge >= 0.3 is 0 Å². The largest absolute Gasteiger partial charge is 0.389 e. The third-order valence-corrected chi connectivity index (χ3v) is 4.08. The summed E-state index contributed by atoms with van der Waals surface area (Å²) in [5.74, 6) is -8.34. The first-order valence-corrected chi connectivity index (χ1v) is 7.11. The first kappa shape index (κ1) is 23.5. The number of rotatable bonds is 10. The van der Waals surface area contributed by atoms with Gasteiger partial charge in [-0.05, 0) is 26.3 Å². The van der Waals surface area contributed by atoms with E-state index in [4.69, 9.17) is 5.53 Å². The van der Waals surface area contributed by atoms with E-state index in [9.17, 15) is 44.4 Å². The van der Waals surface area contributed by atoms with Crippen molar-refractivity contribution in [3.8, 4) is 0 Å². The smallest absolute Gasteiger partial charge is 0.240 e. The van der Waals surface area contributed by atoms with Crippen molar-refractivity contribution in [1.29, 1.82) is 0 Å². The molecule has 26 heavy (non-hydrogen) atoms. The summed E-state index contributed by atoms with van der Waals surface area (Å²) in [7, 11) is 0. The monoisotopic (exact) mass is 373 g/mol. The summed E-state index contributed by atoms with van der Waals surface area (Å²) in [6.07, 6.45) is -2.52. The third-order valence-electron chi connectivity index (χ3n) is 4.08. The Morgan fingerprint density at radius 2 is 1.42 bits per heavy atom. The normalized spacial score (nSPS) is 18.9. The summed E-state index contributed by atoms with van der Waals surface area (Å²) in [6, 6.07) is 0. The standard InChI is InChI=1S/C14H19N3O9/c1-6(18)11(23)13(25,8(3)20)14(26,9(4)21)12(24,7(2)19)10(22)5-16-17-15/h10,22,24-26H,5H2,1-4H3/t10-,12+,13+,14+/m1/s1. The highest BCUT2D eigenvalue weighted by Gasteiger charge is 2.74. The number of aliphatic hydroxyl groups is 4. The maximum atomic E-state index is 12.1. The average Bonchev–Trinajstić information content (AvgIpc) is 2.55. The maximum Gasteiger partial charge on any atom is 0.240 e. The second-order valence-corrected chi connectivity index (χ2v) is 5.67. The molecule has 0 saturated carbocycles. The van der Waals surface area contributed by atoms with Crippen molar-refractivity contribution >= 4 is 28.9 Å². The Kier molecular flexibility index (Phi) is 7.06. The van der Waals surface area contributed by atoms with Crippen LogP contribution in [0.3, 0.4) is 0 Å². The highest BCUT2D eigenvalue weighted by Crippen LogP contribution is 2.39. The van der Waals surface area contributed by atoms with E-state index in [1.54, 1.807) is 0 Å². The molecule has 12 heteroatoms. The fraction of sp³-hybridized carbons (Fsp3) is 0.643. The van der Waals surface area contributed by atoms with Gasteiger partial charge in [0.25, 0.3) is 0 Å². The molecule has 0 unspecified atom stereocenters. The molecule has 144 valence electrons. The number of aliphatic hydroxyl groups excluding tert-OH is 1. The molecular formula is C14H19N3O9. The van der Waals surface area contributed by atoms with Gasteiger partial charge < -0.3 is 20.4 Å². The Hall–Kier alpha value is -2.50. The van der Waals surface area contributed by atoms with Gasteiger partial charge in [0.2, 0.25) is 17.0 Å². The van der Waals surface area contributed by atoms with Gasteiger partial charge in [-0.3, -0.25) is 24.0 Å². The molecule has 0 aromatic heterocycles. The highest BCUT2D eigenvalue weighted by atomic mass is 16.4. The van der Waals surface area contributed by atoms with Crippen molar-refractivity contribution in [1.82, 2.24) is 0 Å². The highest BCUT2D eigenvalue weighted by molar-refractivity contribution is 6.45. The van der Waals surface area contributed by atoms with E-state index in [1.165, 1.54) is 0 Å². The summed E-state index contributed by atoms with van der Waals surface area (Å²) < 4.78 is 0. The Labute approximate surface area is 147 Å². The predicted molar refractivity (Wildman–Crippen MR) is 82.6 cm³/mol.